The van der Waals surface area contributed by atoms with Gasteiger partial charge in [-0.3, -0.25) is 0 Å². The minimum atomic E-state index is 0.339. The Morgan fingerprint density at radius 2 is 1.53 bits per heavy atom. The Bertz CT molecular complexity index is 303. The molecule has 1 aliphatic rings. The highest BCUT2D eigenvalue weighted by Crippen LogP contribution is 2.19. The standard InChI is InChI=1S/C12H18N2O.C2H6/c1-2-13-7-9-14(10-8-13)11-3-5-12(15)6-4-11;1-2/h3-6,15H,2,7-10H2,1H3;1-2H3. The molecule has 1 N–H and O–H groups in total. The van der Waals surface area contributed by atoms with Crippen molar-refractivity contribution in [2.75, 3.05) is 37.6 Å². The molecule has 0 aliphatic carbocycles. The van der Waals surface area contributed by atoms with Crippen LogP contribution in [-0.4, -0.2) is 42.7 Å². The Kier molecular flexibility index (Phi) is 5.84. The Morgan fingerprint density at radius 3 is 2.00 bits per heavy atom. The van der Waals surface area contributed by atoms with Gasteiger partial charge in [0.2, 0.25) is 0 Å². The van der Waals surface area contributed by atoms with E-state index in [1.54, 1.807) is 12.1 Å². The van der Waals surface area contributed by atoms with Crippen molar-refractivity contribution in [3.8, 4) is 5.75 Å². The molecule has 1 aliphatic heterocycles. The van der Waals surface area contributed by atoms with Crippen LogP contribution in [-0.2, 0) is 0 Å². The van der Waals surface area contributed by atoms with E-state index in [-0.39, 0.29) is 0 Å². The normalized spacial score (nSPS) is 16.3. The SMILES string of the molecule is CC.CCN1CCN(c2ccc(O)cc2)CC1. The van der Waals surface area contributed by atoms with E-state index in [1.165, 1.54) is 5.69 Å². The van der Waals surface area contributed by atoms with Gasteiger partial charge in [-0.15, -0.1) is 0 Å². The molecule has 0 spiro atoms. The summed E-state index contributed by atoms with van der Waals surface area (Å²) in [6.45, 7) is 11.8. The third kappa shape index (κ3) is 3.93. The van der Waals surface area contributed by atoms with E-state index in [2.05, 4.69) is 16.7 Å². The van der Waals surface area contributed by atoms with Crippen LogP contribution in [0.25, 0.3) is 0 Å². The Morgan fingerprint density at radius 1 is 1.00 bits per heavy atom. The fourth-order valence-electron chi connectivity index (χ4n) is 1.99. The summed E-state index contributed by atoms with van der Waals surface area (Å²) in [5, 5.41) is 9.21. The summed E-state index contributed by atoms with van der Waals surface area (Å²) in [5.74, 6) is 0.339. The molecule has 0 aromatic heterocycles. The summed E-state index contributed by atoms with van der Waals surface area (Å²) in [4.78, 5) is 4.82. The molecule has 1 fully saturated rings. The van der Waals surface area contributed by atoms with Crippen molar-refractivity contribution in [2.24, 2.45) is 0 Å². The molecule has 3 nitrogen and oxygen atoms in total. The summed E-state index contributed by atoms with van der Waals surface area (Å²) in [7, 11) is 0. The molecule has 0 unspecified atom stereocenters. The van der Waals surface area contributed by atoms with Crippen LogP contribution >= 0.6 is 0 Å². The zero-order chi connectivity index (χ0) is 12.7. The van der Waals surface area contributed by atoms with Crippen molar-refractivity contribution in [1.29, 1.82) is 0 Å². The topological polar surface area (TPSA) is 26.7 Å². The summed E-state index contributed by atoms with van der Waals surface area (Å²) in [5.41, 5.74) is 1.21. The molecule has 0 atom stereocenters. The lowest BCUT2D eigenvalue weighted by Gasteiger charge is -2.35. The predicted octanol–water partition coefficient (Wildman–Crippen LogP) is 2.56. The van der Waals surface area contributed by atoms with E-state index < -0.39 is 0 Å². The maximum absolute atomic E-state index is 9.21. The summed E-state index contributed by atoms with van der Waals surface area (Å²) >= 11 is 0. The first-order valence-corrected chi connectivity index (χ1v) is 6.56. The highest BCUT2D eigenvalue weighted by atomic mass is 16.3. The molecule has 0 saturated carbocycles. The van der Waals surface area contributed by atoms with Gasteiger partial charge in [0, 0.05) is 31.9 Å². The first-order valence-electron chi connectivity index (χ1n) is 6.56. The number of piperazine rings is 1. The van der Waals surface area contributed by atoms with Gasteiger partial charge < -0.3 is 14.9 Å². The predicted molar refractivity (Wildman–Crippen MR) is 73.8 cm³/mol. The van der Waals surface area contributed by atoms with Gasteiger partial charge in [0.05, 0.1) is 0 Å². The Labute approximate surface area is 105 Å². The van der Waals surface area contributed by atoms with E-state index in [1.807, 2.05) is 26.0 Å². The largest absolute Gasteiger partial charge is 0.508 e. The summed E-state index contributed by atoms with van der Waals surface area (Å²) in [6, 6.07) is 7.47. The highest BCUT2D eigenvalue weighted by Gasteiger charge is 2.15. The number of nitrogens with zero attached hydrogens (tertiary/aromatic N) is 2. The molecule has 96 valence electrons. The van der Waals surface area contributed by atoms with Crippen molar-refractivity contribution >= 4 is 5.69 Å². The van der Waals surface area contributed by atoms with E-state index in [4.69, 9.17) is 0 Å². The van der Waals surface area contributed by atoms with Crippen LogP contribution in [0.15, 0.2) is 24.3 Å². The number of anilines is 1. The highest BCUT2D eigenvalue weighted by molar-refractivity contribution is 5.49. The van der Waals surface area contributed by atoms with Crippen LogP contribution in [0.1, 0.15) is 20.8 Å². The van der Waals surface area contributed by atoms with E-state index in [0.717, 1.165) is 32.7 Å². The van der Waals surface area contributed by atoms with Gasteiger partial charge in [0.1, 0.15) is 5.75 Å². The minimum Gasteiger partial charge on any atom is -0.508 e. The molecule has 2 rings (SSSR count). The number of benzene rings is 1. The third-order valence-corrected chi connectivity index (χ3v) is 3.03. The number of rotatable bonds is 2. The number of aromatic hydroxyl groups is 1. The second kappa shape index (κ2) is 7.17. The van der Waals surface area contributed by atoms with Gasteiger partial charge in [-0.2, -0.15) is 0 Å². The summed E-state index contributed by atoms with van der Waals surface area (Å²) in [6.07, 6.45) is 0. The lowest BCUT2D eigenvalue weighted by Crippen LogP contribution is -2.46. The lowest BCUT2D eigenvalue weighted by molar-refractivity contribution is 0.271. The average molecular weight is 236 g/mol. The molecule has 0 amide bonds. The van der Waals surface area contributed by atoms with Crippen LogP contribution in [0.4, 0.5) is 5.69 Å². The van der Waals surface area contributed by atoms with Crippen LogP contribution in [0.5, 0.6) is 5.75 Å². The number of hydrogen-bond acceptors (Lipinski definition) is 3. The molecular weight excluding hydrogens is 212 g/mol. The van der Waals surface area contributed by atoms with Gasteiger partial charge in [0.25, 0.3) is 0 Å². The molecule has 1 aromatic rings. The molecule has 0 bridgehead atoms. The van der Waals surface area contributed by atoms with Crippen molar-refractivity contribution in [2.45, 2.75) is 20.8 Å². The van der Waals surface area contributed by atoms with Crippen LogP contribution < -0.4 is 4.90 Å². The van der Waals surface area contributed by atoms with E-state index >= 15 is 0 Å². The zero-order valence-corrected chi connectivity index (χ0v) is 11.2. The monoisotopic (exact) mass is 236 g/mol. The number of phenols is 1. The second-order valence-corrected chi connectivity index (χ2v) is 3.94. The van der Waals surface area contributed by atoms with Gasteiger partial charge in [-0.25, -0.2) is 0 Å². The molecular formula is C14H24N2O. The third-order valence-electron chi connectivity index (χ3n) is 3.03. The molecule has 1 saturated heterocycles. The van der Waals surface area contributed by atoms with Crippen molar-refractivity contribution in [1.82, 2.24) is 4.90 Å². The van der Waals surface area contributed by atoms with E-state index in [9.17, 15) is 5.11 Å². The fourth-order valence-corrected chi connectivity index (χ4v) is 1.99. The molecule has 3 heteroatoms. The Balaban J connectivity index is 0.000000686. The van der Waals surface area contributed by atoms with Gasteiger partial charge in [-0.05, 0) is 30.8 Å². The van der Waals surface area contributed by atoms with Crippen LogP contribution in [0, 0.1) is 0 Å². The minimum absolute atomic E-state index is 0.339. The van der Waals surface area contributed by atoms with Crippen LogP contribution in [0.2, 0.25) is 0 Å². The smallest absolute Gasteiger partial charge is 0.115 e. The van der Waals surface area contributed by atoms with E-state index in [0.29, 0.717) is 5.75 Å². The fraction of sp³-hybridized carbons (Fsp3) is 0.571. The van der Waals surface area contributed by atoms with Gasteiger partial charge >= 0.3 is 0 Å². The zero-order valence-electron chi connectivity index (χ0n) is 11.2. The van der Waals surface area contributed by atoms with Gasteiger partial charge in [0.15, 0.2) is 0 Å². The molecule has 17 heavy (non-hydrogen) atoms. The van der Waals surface area contributed by atoms with Crippen molar-refractivity contribution < 1.29 is 5.11 Å². The first-order chi connectivity index (χ1) is 8.29. The Hall–Kier alpha value is -1.22. The lowest BCUT2D eigenvalue weighted by atomic mass is 10.2. The first kappa shape index (κ1) is 13.8. The quantitative estimate of drug-likeness (QED) is 0.855. The maximum atomic E-state index is 9.21. The maximum Gasteiger partial charge on any atom is 0.115 e. The van der Waals surface area contributed by atoms with Gasteiger partial charge in [-0.1, -0.05) is 20.8 Å². The number of likely N-dealkylation sites (N-methyl/N-ethyl adjacent to an activating group) is 1. The second-order valence-electron chi connectivity index (χ2n) is 3.94. The summed E-state index contributed by atoms with van der Waals surface area (Å²) < 4.78 is 0. The van der Waals surface area contributed by atoms with Crippen molar-refractivity contribution in [3.05, 3.63) is 24.3 Å². The molecule has 1 aromatic carbocycles. The molecule has 1 heterocycles. The van der Waals surface area contributed by atoms with Crippen LogP contribution in [0.3, 0.4) is 0 Å². The van der Waals surface area contributed by atoms with Crippen molar-refractivity contribution in [3.63, 3.8) is 0 Å². The molecule has 0 radical (unpaired) electrons. The number of phenolic OH excluding ortho intramolecular Hbond substituents is 1. The average Bonchev–Trinajstić information content (AvgIpc) is 2.42. The number of hydrogen-bond donors (Lipinski definition) is 1.